The Kier molecular flexibility index (Phi) is 3.32. The number of amides is 2. The highest BCUT2D eigenvalue weighted by Gasteiger charge is 2.51. The maximum absolute atomic E-state index is 12.8. The van der Waals surface area contributed by atoms with Crippen LogP contribution in [-0.4, -0.2) is 18.9 Å². The molecule has 2 aliphatic rings. The molecule has 1 saturated heterocycles. The molecule has 1 aliphatic carbocycles. The zero-order valence-electron chi connectivity index (χ0n) is 12.5. The van der Waals surface area contributed by atoms with E-state index < -0.39 is 0 Å². The molecular formula is C17H19NO3. The monoisotopic (exact) mass is 285 g/mol. The smallest absolute Gasteiger partial charge is 0.238 e. The zero-order valence-corrected chi connectivity index (χ0v) is 12.5. The molecule has 0 radical (unpaired) electrons. The highest BCUT2D eigenvalue weighted by molar-refractivity contribution is 6.23. The Morgan fingerprint density at radius 3 is 2.62 bits per heavy atom. The van der Waals surface area contributed by atoms with Gasteiger partial charge in [-0.25, -0.2) is 4.90 Å². The lowest BCUT2D eigenvalue weighted by molar-refractivity contribution is -0.122. The Hall–Kier alpha value is -2.10. The molecule has 1 fully saturated rings. The van der Waals surface area contributed by atoms with Gasteiger partial charge < -0.3 is 4.74 Å². The minimum atomic E-state index is -0.244. The van der Waals surface area contributed by atoms with Crippen LogP contribution in [0.25, 0.3) is 0 Å². The first kappa shape index (κ1) is 13.9. The normalized spacial score (nSPS) is 28.4. The summed E-state index contributed by atoms with van der Waals surface area (Å²) in [5.41, 5.74) is 1.74. The van der Waals surface area contributed by atoms with E-state index in [9.17, 15) is 9.59 Å². The van der Waals surface area contributed by atoms with Gasteiger partial charge in [-0.3, -0.25) is 9.59 Å². The van der Waals surface area contributed by atoms with Crippen LogP contribution >= 0.6 is 0 Å². The third kappa shape index (κ3) is 2.06. The van der Waals surface area contributed by atoms with E-state index in [4.69, 9.17) is 4.74 Å². The topological polar surface area (TPSA) is 46.6 Å². The van der Waals surface area contributed by atoms with Crippen LogP contribution in [0.4, 0.5) is 5.69 Å². The van der Waals surface area contributed by atoms with Crippen molar-refractivity contribution in [2.75, 3.05) is 12.0 Å². The summed E-state index contributed by atoms with van der Waals surface area (Å²) in [6.45, 7) is 4.04. The molecule has 3 rings (SSSR count). The Balaban J connectivity index is 2.03. The van der Waals surface area contributed by atoms with Gasteiger partial charge in [0.15, 0.2) is 0 Å². The van der Waals surface area contributed by atoms with Crippen molar-refractivity contribution in [1.82, 2.24) is 0 Å². The van der Waals surface area contributed by atoms with Crippen LogP contribution in [-0.2, 0) is 9.59 Å². The second kappa shape index (κ2) is 5.02. The van der Waals surface area contributed by atoms with Gasteiger partial charge >= 0.3 is 0 Å². The van der Waals surface area contributed by atoms with Crippen molar-refractivity contribution in [3.63, 3.8) is 0 Å². The molecule has 1 aromatic rings. The summed E-state index contributed by atoms with van der Waals surface area (Å²) in [6, 6.07) is 7.17. The molecular weight excluding hydrogens is 266 g/mol. The van der Waals surface area contributed by atoms with Gasteiger partial charge in [-0.05, 0) is 31.4 Å². The van der Waals surface area contributed by atoms with E-state index in [1.165, 1.54) is 10.5 Å². The van der Waals surface area contributed by atoms with E-state index in [2.05, 4.69) is 6.08 Å². The molecule has 0 saturated carbocycles. The largest absolute Gasteiger partial charge is 0.495 e. The molecule has 0 bridgehead atoms. The fourth-order valence-corrected chi connectivity index (χ4v) is 3.57. The van der Waals surface area contributed by atoms with E-state index in [-0.39, 0.29) is 29.6 Å². The number of benzene rings is 1. The van der Waals surface area contributed by atoms with Crippen molar-refractivity contribution < 1.29 is 14.3 Å². The maximum atomic E-state index is 12.8. The standard InChI is InChI=1S/C17H19NO3/c1-10-8-11(2)15-12(9-10)16(19)18(17(15)20)13-6-4-5-7-14(13)21-3/h4-8,11-12,15H,9H2,1-3H3/t11-,12+,15+/m1/s1. The third-order valence-corrected chi connectivity index (χ3v) is 4.46. The number of hydrogen-bond acceptors (Lipinski definition) is 3. The number of ether oxygens (including phenoxy) is 1. The molecule has 1 heterocycles. The number of methoxy groups -OCH3 is 1. The Bertz CT molecular complexity index is 635. The summed E-state index contributed by atoms with van der Waals surface area (Å²) >= 11 is 0. The summed E-state index contributed by atoms with van der Waals surface area (Å²) in [4.78, 5) is 26.8. The number of para-hydroxylation sites is 2. The summed E-state index contributed by atoms with van der Waals surface area (Å²) in [7, 11) is 1.55. The predicted octanol–water partition coefficient (Wildman–Crippen LogP) is 2.79. The van der Waals surface area contributed by atoms with Crippen LogP contribution in [0.3, 0.4) is 0 Å². The van der Waals surface area contributed by atoms with E-state index in [0.29, 0.717) is 17.9 Å². The van der Waals surface area contributed by atoms with Gasteiger partial charge in [0, 0.05) is 0 Å². The molecule has 1 aliphatic heterocycles. The van der Waals surface area contributed by atoms with E-state index >= 15 is 0 Å². The number of nitrogens with zero attached hydrogens (tertiary/aromatic N) is 1. The number of carbonyl (C=O) groups is 2. The lowest BCUT2D eigenvalue weighted by atomic mass is 9.76. The second-order valence-electron chi connectivity index (χ2n) is 5.89. The van der Waals surface area contributed by atoms with Crippen LogP contribution < -0.4 is 9.64 Å². The minimum absolute atomic E-state index is 0.0971. The van der Waals surface area contributed by atoms with Gasteiger partial charge in [-0.2, -0.15) is 0 Å². The van der Waals surface area contributed by atoms with Gasteiger partial charge in [-0.15, -0.1) is 0 Å². The molecule has 0 N–H and O–H groups in total. The Morgan fingerprint density at radius 1 is 1.19 bits per heavy atom. The van der Waals surface area contributed by atoms with E-state index in [1.54, 1.807) is 19.2 Å². The van der Waals surface area contributed by atoms with Crippen LogP contribution in [0.15, 0.2) is 35.9 Å². The first-order chi connectivity index (χ1) is 10.0. The van der Waals surface area contributed by atoms with E-state index in [1.807, 2.05) is 26.0 Å². The number of carbonyl (C=O) groups excluding carboxylic acids is 2. The summed E-state index contributed by atoms with van der Waals surface area (Å²) in [6.07, 6.45) is 2.78. The van der Waals surface area contributed by atoms with Crippen molar-refractivity contribution in [2.24, 2.45) is 17.8 Å². The molecule has 110 valence electrons. The van der Waals surface area contributed by atoms with Crippen LogP contribution in [0, 0.1) is 17.8 Å². The quantitative estimate of drug-likeness (QED) is 0.620. The highest BCUT2D eigenvalue weighted by atomic mass is 16.5. The molecule has 4 heteroatoms. The molecule has 1 aromatic carbocycles. The van der Waals surface area contributed by atoms with Crippen LogP contribution in [0.2, 0.25) is 0 Å². The maximum Gasteiger partial charge on any atom is 0.238 e. The number of imide groups is 1. The first-order valence-electron chi connectivity index (χ1n) is 7.22. The van der Waals surface area contributed by atoms with Gasteiger partial charge in [0.1, 0.15) is 5.75 Å². The summed E-state index contributed by atoms with van der Waals surface area (Å²) in [5, 5.41) is 0. The molecule has 0 aromatic heterocycles. The van der Waals surface area contributed by atoms with Crippen molar-refractivity contribution in [1.29, 1.82) is 0 Å². The predicted molar refractivity (Wildman–Crippen MR) is 80.0 cm³/mol. The molecule has 0 spiro atoms. The zero-order chi connectivity index (χ0) is 15.1. The lowest BCUT2D eigenvalue weighted by Crippen LogP contribution is -2.31. The summed E-state index contributed by atoms with van der Waals surface area (Å²) in [5.74, 6) is -0.0387. The number of fused-ring (bicyclic) bond motifs is 1. The lowest BCUT2D eigenvalue weighted by Gasteiger charge is -2.25. The van der Waals surface area contributed by atoms with Gasteiger partial charge in [0.05, 0.1) is 24.6 Å². The third-order valence-electron chi connectivity index (χ3n) is 4.46. The fourth-order valence-electron chi connectivity index (χ4n) is 3.57. The summed E-state index contributed by atoms with van der Waals surface area (Å²) < 4.78 is 5.30. The van der Waals surface area contributed by atoms with Crippen LogP contribution in [0.1, 0.15) is 20.3 Å². The number of allylic oxidation sites excluding steroid dienone is 2. The first-order valence-corrected chi connectivity index (χ1v) is 7.22. The van der Waals surface area contributed by atoms with Gasteiger partial charge in [0.25, 0.3) is 0 Å². The molecule has 2 amide bonds. The van der Waals surface area contributed by atoms with Crippen molar-refractivity contribution in [3.05, 3.63) is 35.9 Å². The Morgan fingerprint density at radius 2 is 1.90 bits per heavy atom. The number of anilines is 1. The van der Waals surface area contributed by atoms with Gasteiger partial charge in [0.2, 0.25) is 11.8 Å². The van der Waals surface area contributed by atoms with Crippen molar-refractivity contribution in [3.8, 4) is 5.75 Å². The van der Waals surface area contributed by atoms with Crippen LogP contribution in [0.5, 0.6) is 5.75 Å². The minimum Gasteiger partial charge on any atom is -0.495 e. The average Bonchev–Trinajstić information content (AvgIpc) is 2.70. The fraction of sp³-hybridized carbons (Fsp3) is 0.412. The number of hydrogen-bond donors (Lipinski definition) is 0. The molecule has 21 heavy (non-hydrogen) atoms. The SMILES string of the molecule is COc1ccccc1N1C(=O)[C@H]2[C@H](C)C=C(C)C[C@@H]2C1=O. The highest BCUT2D eigenvalue weighted by Crippen LogP contribution is 2.44. The van der Waals surface area contributed by atoms with E-state index in [0.717, 1.165) is 0 Å². The van der Waals surface area contributed by atoms with Crippen molar-refractivity contribution >= 4 is 17.5 Å². The molecule has 3 atom stereocenters. The number of rotatable bonds is 2. The molecule has 4 nitrogen and oxygen atoms in total. The Labute approximate surface area is 124 Å². The second-order valence-corrected chi connectivity index (χ2v) is 5.89. The molecule has 0 unspecified atom stereocenters. The van der Waals surface area contributed by atoms with Crippen molar-refractivity contribution in [2.45, 2.75) is 20.3 Å². The van der Waals surface area contributed by atoms with Gasteiger partial charge in [-0.1, -0.05) is 30.7 Å². The average molecular weight is 285 g/mol.